The van der Waals surface area contributed by atoms with Gasteiger partial charge in [0.25, 0.3) is 5.56 Å². The van der Waals surface area contributed by atoms with Crippen LogP contribution in [0.2, 0.25) is 0 Å². The summed E-state index contributed by atoms with van der Waals surface area (Å²) in [4.78, 5) is 21.4. The minimum absolute atomic E-state index is 0.0913. The lowest BCUT2D eigenvalue weighted by atomic mass is 10.00. The van der Waals surface area contributed by atoms with E-state index in [0.717, 1.165) is 72.6 Å². The van der Waals surface area contributed by atoms with Crippen molar-refractivity contribution < 1.29 is 5.11 Å². The molecule has 37 heavy (non-hydrogen) atoms. The molecular weight excluding hydrogens is 466 g/mol. The Morgan fingerprint density at radius 2 is 1.73 bits per heavy atom. The third kappa shape index (κ3) is 4.48. The van der Waals surface area contributed by atoms with Crippen LogP contribution in [0.1, 0.15) is 60.3 Å². The monoisotopic (exact) mass is 499 g/mol. The SMILES string of the molecule is Cc1cc(C)c2[nH]c(=O)c(C(c3nnnn3C3CCCC3)N3CCN(c4ccc(O)cc4)CC3)cc2c1. The second kappa shape index (κ2) is 9.63. The zero-order valence-corrected chi connectivity index (χ0v) is 21.4. The number of hydrogen-bond acceptors (Lipinski definition) is 7. The molecule has 9 heteroatoms. The number of piperazine rings is 1. The highest BCUT2D eigenvalue weighted by Gasteiger charge is 2.34. The third-order valence-corrected chi connectivity index (χ3v) is 7.94. The Kier molecular flexibility index (Phi) is 6.16. The van der Waals surface area contributed by atoms with E-state index in [9.17, 15) is 9.90 Å². The fraction of sp³-hybridized carbons (Fsp3) is 0.429. The summed E-state index contributed by atoms with van der Waals surface area (Å²) in [6.07, 6.45) is 4.47. The molecule has 1 aliphatic carbocycles. The van der Waals surface area contributed by atoms with Gasteiger partial charge in [0.15, 0.2) is 5.82 Å². The van der Waals surface area contributed by atoms with E-state index in [0.29, 0.717) is 5.56 Å². The Morgan fingerprint density at radius 1 is 1.00 bits per heavy atom. The van der Waals surface area contributed by atoms with Crippen LogP contribution in [0.5, 0.6) is 5.75 Å². The maximum atomic E-state index is 13.6. The lowest BCUT2D eigenvalue weighted by molar-refractivity contribution is 0.197. The number of aryl methyl sites for hydroxylation is 2. The van der Waals surface area contributed by atoms with E-state index in [1.165, 1.54) is 12.8 Å². The highest BCUT2D eigenvalue weighted by atomic mass is 16.3. The number of rotatable bonds is 5. The normalized spacial score (nSPS) is 18.1. The Hall–Kier alpha value is -3.72. The van der Waals surface area contributed by atoms with Gasteiger partial charge in [-0.2, -0.15) is 0 Å². The molecular formula is C28H33N7O2. The van der Waals surface area contributed by atoms with Crippen molar-refractivity contribution in [3.63, 3.8) is 0 Å². The average Bonchev–Trinajstić information content (AvgIpc) is 3.58. The van der Waals surface area contributed by atoms with Crippen molar-refractivity contribution in [3.05, 3.63) is 75.3 Å². The van der Waals surface area contributed by atoms with Crippen LogP contribution in [0.25, 0.3) is 10.9 Å². The van der Waals surface area contributed by atoms with Crippen LogP contribution >= 0.6 is 0 Å². The number of pyridine rings is 1. The van der Waals surface area contributed by atoms with Crippen LogP contribution in [0, 0.1) is 13.8 Å². The molecule has 1 saturated carbocycles. The summed E-state index contributed by atoms with van der Waals surface area (Å²) in [5.41, 5.74) is 4.78. The zero-order chi connectivity index (χ0) is 25.5. The number of tetrazole rings is 1. The van der Waals surface area contributed by atoms with E-state index in [1.54, 1.807) is 12.1 Å². The first-order valence-corrected chi connectivity index (χ1v) is 13.2. The molecule has 0 radical (unpaired) electrons. The van der Waals surface area contributed by atoms with Gasteiger partial charge in [0, 0.05) is 37.4 Å². The number of nitrogens with one attached hydrogen (secondary N) is 1. The minimum Gasteiger partial charge on any atom is -0.508 e. The van der Waals surface area contributed by atoms with Gasteiger partial charge in [0.1, 0.15) is 11.8 Å². The van der Waals surface area contributed by atoms with Crippen molar-refractivity contribution in [2.75, 3.05) is 31.1 Å². The number of aromatic hydroxyl groups is 1. The summed E-state index contributed by atoms with van der Waals surface area (Å²) in [6.45, 7) is 7.23. The van der Waals surface area contributed by atoms with Crippen molar-refractivity contribution in [1.29, 1.82) is 0 Å². The molecule has 2 fully saturated rings. The second-order valence-corrected chi connectivity index (χ2v) is 10.5. The van der Waals surface area contributed by atoms with Crippen LogP contribution in [-0.2, 0) is 0 Å². The molecule has 2 N–H and O–H groups in total. The van der Waals surface area contributed by atoms with E-state index < -0.39 is 0 Å². The van der Waals surface area contributed by atoms with Gasteiger partial charge in [-0.15, -0.1) is 5.10 Å². The topological polar surface area (TPSA) is 103 Å². The molecule has 2 aromatic heterocycles. The van der Waals surface area contributed by atoms with Gasteiger partial charge in [0.05, 0.1) is 11.6 Å². The largest absolute Gasteiger partial charge is 0.508 e. The first-order valence-electron chi connectivity index (χ1n) is 13.2. The number of H-pyrrole nitrogens is 1. The number of hydrogen-bond donors (Lipinski definition) is 2. The average molecular weight is 500 g/mol. The van der Waals surface area contributed by atoms with Crippen molar-refractivity contribution in [1.82, 2.24) is 30.1 Å². The van der Waals surface area contributed by atoms with Crippen LogP contribution in [-0.4, -0.2) is 61.4 Å². The smallest absolute Gasteiger partial charge is 0.253 e. The molecule has 1 atom stereocenters. The maximum absolute atomic E-state index is 13.6. The van der Waals surface area contributed by atoms with Gasteiger partial charge in [0.2, 0.25) is 0 Å². The van der Waals surface area contributed by atoms with Crippen LogP contribution in [0.3, 0.4) is 0 Å². The Balaban J connectivity index is 1.40. The number of nitrogens with zero attached hydrogens (tertiary/aromatic N) is 6. The van der Waals surface area contributed by atoms with Gasteiger partial charge >= 0.3 is 0 Å². The molecule has 0 spiro atoms. The summed E-state index contributed by atoms with van der Waals surface area (Å²) in [7, 11) is 0. The molecule has 0 amide bonds. The quantitative estimate of drug-likeness (QED) is 0.430. The lowest BCUT2D eigenvalue weighted by Gasteiger charge is -2.39. The molecule has 1 saturated heterocycles. The molecule has 4 aromatic rings. The molecule has 6 rings (SSSR count). The number of benzene rings is 2. The summed E-state index contributed by atoms with van der Waals surface area (Å²) in [6, 6.07) is 13.5. The Labute approximate surface area is 215 Å². The number of anilines is 1. The number of aromatic amines is 1. The van der Waals surface area contributed by atoms with Crippen LogP contribution in [0.4, 0.5) is 5.69 Å². The van der Waals surface area contributed by atoms with Gasteiger partial charge in [-0.1, -0.05) is 24.5 Å². The van der Waals surface area contributed by atoms with E-state index in [2.05, 4.69) is 49.4 Å². The number of aromatic nitrogens is 5. The van der Waals surface area contributed by atoms with Gasteiger partial charge in [-0.25, -0.2) is 4.68 Å². The Morgan fingerprint density at radius 3 is 2.46 bits per heavy atom. The fourth-order valence-electron chi connectivity index (χ4n) is 6.10. The van der Waals surface area contributed by atoms with Crippen molar-refractivity contribution in [3.8, 4) is 5.75 Å². The molecule has 2 aromatic carbocycles. The highest BCUT2D eigenvalue weighted by Crippen LogP contribution is 2.35. The maximum Gasteiger partial charge on any atom is 0.253 e. The molecule has 9 nitrogen and oxygen atoms in total. The zero-order valence-electron chi connectivity index (χ0n) is 21.4. The summed E-state index contributed by atoms with van der Waals surface area (Å²) >= 11 is 0. The molecule has 192 valence electrons. The van der Waals surface area contributed by atoms with Crippen LogP contribution < -0.4 is 10.5 Å². The molecule has 3 heterocycles. The van der Waals surface area contributed by atoms with Crippen molar-refractivity contribution in [2.45, 2.75) is 51.6 Å². The molecule has 1 unspecified atom stereocenters. The first-order chi connectivity index (χ1) is 18.0. The van der Waals surface area contributed by atoms with E-state index in [-0.39, 0.29) is 23.4 Å². The van der Waals surface area contributed by atoms with Crippen molar-refractivity contribution in [2.24, 2.45) is 0 Å². The second-order valence-electron chi connectivity index (χ2n) is 10.5. The summed E-state index contributed by atoms with van der Waals surface area (Å²) < 4.78 is 1.98. The van der Waals surface area contributed by atoms with E-state index in [4.69, 9.17) is 0 Å². The highest BCUT2D eigenvalue weighted by molar-refractivity contribution is 5.83. The van der Waals surface area contributed by atoms with Crippen molar-refractivity contribution >= 4 is 16.6 Å². The first kappa shape index (κ1) is 23.7. The molecule has 2 aliphatic rings. The van der Waals surface area contributed by atoms with E-state index in [1.807, 2.05) is 29.8 Å². The fourth-order valence-corrected chi connectivity index (χ4v) is 6.10. The summed E-state index contributed by atoms with van der Waals surface area (Å²) in [5, 5.41) is 23.7. The Bertz CT molecular complexity index is 1460. The summed E-state index contributed by atoms with van der Waals surface area (Å²) in [5.74, 6) is 1.02. The molecule has 1 aliphatic heterocycles. The number of fused-ring (bicyclic) bond motifs is 1. The standard InChI is InChI=1S/C28H33N7O2/c1-18-15-19(2)25-20(16-18)17-24(28(37)29-25)26(27-30-31-32-35(27)22-5-3-4-6-22)34-13-11-33(12-14-34)21-7-9-23(36)10-8-21/h7-10,15-17,22,26,36H,3-6,11-14H2,1-2H3,(H,29,37). The van der Waals surface area contributed by atoms with Crippen LogP contribution in [0.15, 0.2) is 47.3 Å². The van der Waals surface area contributed by atoms with Gasteiger partial charge in [-0.3, -0.25) is 9.69 Å². The third-order valence-electron chi connectivity index (χ3n) is 7.94. The molecule has 0 bridgehead atoms. The van der Waals surface area contributed by atoms with E-state index >= 15 is 0 Å². The number of phenolic OH excluding ortho intramolecular Hbond substituents is 1. The predicted molar refractivity (Wildman–Crippen MR) is 143 cm³/mol. The predicted octanol–water partition coefficient (Wildman–Crippen LogP) is 3.86. The van der Waals surface area contributed by atoms with Gasteiger partial charge in [-0.05, 0) is 84.5 Å². The number of phenols is 1. The minimum atomic E-state index is -0.341. The van der Waals surface area contributed by atoms with Gasteiger partial charge < -0.3 is 15.0 Å². The lowest BCUT2D eigenvalue weighted by Crippen LogP contribution is -2.49.